The molecule has 0 aromatic heterocycles. The summed E-state index contributed by atoms with van der Waals surface area (Å²) in [5.74, 6) is -0.0764. The van der Waals surface area contributed by atoms with Crippen LogP contribution < -0.4 is 0 Å². The van der Waals surface area contributed by atoms with Crippen molar-refractivity contribution in [2.75, 3.05) is 7.05 Å². The van der Waals surface area contributed by atoms with E-state index in [1.807, 2.05) is 0 Å². The second-order valence-corrected chi connectivity index (χ2v) is 1.53. The van der Waals surface area contributed by atoms with Crippen LogP contribution in [0.4, 0.5) is 0 Å². The topological polar surface area (TPSA) is 20.3 Å². The molecule has 0 aromatic rings. The zero-order chi connectivity index (χ0) is 6.57. The minimum absolute atomic E-state index is 0. The van der Waals surface area contributed by atoms with Gasteiger partial charge in [0, 0.05) is 39.1 Å². The van der Waals surface area contributed by atoms with Gasteiger partial charge in [-0.05, 0) is 7.05 Å². The first-order valence-corrected chi connectivity index (χ1v) is 2.29. The summed E-state index contributed by atoms with van der Waals surface area (Å²) in [5.41, 5.74) is 0. The molecule has 0 aliphatic heterocycles. The van der Waals surface area contributed by atoms with Crippen LogP contribution in [-0.4, -0.2) is 17.9 Å². The Hall–Kier alpha value is 0.314. The minimum Gasteiger partial charge on any atom is -0.517 e. The summed E-state index contributed by atoms with van der Waals surface area (Å²) >= 11 is 0. The molecule has 0 fully saturated rings. The molecule has 0 N–H and O–H groups in total. The summed E-state index contributed by atoms with van der Waals surface area (Å²) in [6.07, 6.45) is 1.57. The molecule has 1 radical (unpaired) electrons. The SMILES string of the molecule is [CH-]=CCC(=O)N([CH2-])C.[Y]. The standard InChI is InChI=1S/C6H9NO.Y/c1-4-5-6(8)7(2)3;/h1,4H,2,5H2,3H3;/q-2;. The van der Waals surface area contributed by atoms with Gasteiger partial charge in [-0.3, -0.25) is 17.9 Å². The first-order chi connectivity index (χ1) is 3.68. The van der Waals surface area contributed by atoms with E-state index in [1.54, 1.807) is 7.05 Å². The van der Waals surface area contributed by atoms with Crippen molar-refractivity contribution in [2.45, 2.75) is 6.42 Å². The summed E-state index contributed by atoms with van der Waals surface area (Å²) in [4.78, 5) is 11.7. The molecule has 0 atom stereocenters. The quantitative estimate of drug-likeness (QED) is 0.598. The van der Waals surface area contributed by atoms with E-state index in [-0.39, 0.29) is 45.0 Å². The number of amides is 1. The number of rotatable bonds is 2. The smallest absolute Gasteiger partial charge is 0.194 e. The van der Waals surface area contributed by atoms with Crippen LogP contribution in [0.25, 0.3) is 0 Å². The first-order valence-electron chi connectivity index (χ1n) is 2.29. The van der Waals surface area contributed by atoms with E-state index in [1.165, 1.54) is 11.0 Å². The molecule has 0 bridgehead atoms. The Morgan fingerprint density at radius 3 is 2.44 bits per heavy atom. The van der Waals surface area contributed by atoms with Crippen LogP contribution in [0.1, 0.15) is 6.42 Å². The second-order valence-electron chi connectivity index (χ2n) is 1.53. The summed E-state index contributed by atoms with van der Waals surface area (Å²) in [6.45, 7) is 4.97. The van der Waals surface area contributed by atoms with Gasteiger partial charge in [0.05, 0.1) is 0 Å². The molecule has 0 unspecified atom stereocenters. The normalized spacial score (nSPS) is 7.33. The third kappa shape index (κ3) is 6.20. The number of carbonyl (C=O) groups is 1. The summed E-state index contributed by atoms with van der Waals surface area (Å²) in [6, 6.07) is 0. The Bertz CT molecular complexity index is 101. The van der Waals surface area contributed by atoms with Gasteiger partial charge in [-0.25, -0.2) is 0 Å². The zero-order valence-corrected chi connectivity index (χ0v) is 8.34. The van der Waals surface area contributed by atoms with Crippen molar-refractivity contribution in [1.82, 2.24) is 4.90 Å². The number of carbonyl (C=O) groups excluding carboxylic acids is 1. The average Bonchev–Trinajstić information content (AvgIpc) is 1.67. The predicted molar refractivity (Wildman–Crippen MR) is 31.6 cm³/mol. The van der Waals surface area contributed by atoms with Gasteiger partial charge in [0.15, 0.2) is 5.91 Å². The van der Waals surface area contributed by atoms with Gasteiger partial charge < -0.3 is 11.5 Å². The fourth-order valence-corrected chi connectivity index (χ4v) is 0.257. The molecule has 49 valence electrons. The second kappa shape index (κ2) is 6.43. The van der Waals surface area contributed by atoms with Crippen molar-refractivity contribution in [1.29, 1.82) is 0 Å². The summed E-state index contributed by atoms with van der Waals surface area (Å²) in [7, 11) is 4.95. The molecule has 9 heavy (non-hydrogen) atoms. The largest absolute Gasteiger partial charge is 0.517 e. The third-order valence-corrected chi connectivity index (χ3v) is 0.718. The summed E-state index contributed by atoms with van der Waals surface area (Å²) < 4.78 is 0. The molecule has 0 saturated heterocycles. The zero-order valence-electron chi connectivity index (χ0n) is 5.50. The molecule has 0 saturated carbocycles. The minimum atomic E-state index is -0.0764. The van der Waals surface area contributed by atoms with Gasteiger partial charge in [0.25, 0.3) is 0 Å². The van der Waals surface area contributed by atoms with Crippen molar-refractivity contribution in [3.05, 3.63) is 19.7 Å². The number of nitrogens with zero attached hydrogens (tertiary/aromatic N) is 1. The molecule has 0 rings (SSSR count). The van der Waals surface area contributed by atoms with Crippen molar-refractivity contribution in [3.8, 4) is 0 Å². The van der Waals surface area contributed by atoms with E-state index >= 15 is 0 Å². The average molecular weight is 200 g/mol. The Morgan fingerprint density at radius 2 is 2.33 bits per heavy atom. The van der Waals surface area contributed by atoms with Crippen LogP contribution >= 0.6 is 0 Å². The Kier molecular flexibility index (Phi) is 8.60. The van der Waals surface area contributed by atoms with Gasteiger partial charge in [0.1, 0.15) is 0 Å². The number of hydrogen-bond donors (Lipinski definition) is 0. The van der Waals surface area contributed by atoms with Crippen molar-refractivity contribution in [3.63, 3.8) is 0 Å². The van der Waals surface area contributed by atoms with Crippen LogP contribution in [-0.2, 0) is 37.5 Å². The maximum Gasteiger partial charge on any atom is 0.194 e. The molecular weight excluding hydrogens is 191 g/mol. The third-order valence-electron chi connectivity index (χ3n) is 0.718. The molecule has 0 aliphatic rings. The molecule has 0 aromatic carbocycles. The van der Waals surface area contributed by atoms with Gasteiger partial charge in [0.2, 0.25) is 0 Å². The molecular formula is C6H9NOY-2. The summed E-state index contributed by atoms with van der Waals surface area (Å²) in [5, 5.41) is 0. The fraction of sp³-hybridized carbons (Fsp3) is 0.333. The fourth-order valence-electron chi connectivity index (χ4n) is 0.257. The van der Waals surface area contributed by atoms with E-state index in [0.717, 1.165) is 0 Å². The van der Waals surface area contributed by atoms with E-state index in [4.69, 9.17) is 6.58 Å². The van der Waals surface area contributed by atoms with E-state index in [2.05, 4.69) is 7.05 Å². The van der Waals surface area contributed by atoms with E-state index < -0.39 is 0 Å². The Labute approximate surface area is 81.2 Å². The number of hydrogen-bond acceptors (Lipinski definition) is 1. The van der Waals surface area contributed by atoms with Gasteiger partial charge >= 0.3 is 0 Å². The molecule has 2 nitrogen and oxygen atoms in total. The van der Waals surface area contributed by atoms with E-state index in [0.29, 0.717) is 0 Å². The van der Waals surface area contributed by atoms with Gasteiger partial charge in [-0.2, -0.15) is 0 Å². The molecule has 0 aliphatic carbocycles. The first kappa shape index (κ1) is 12.0. The molecule has 3 heteroatoms. The predicted octanol–water partition coefficient (Wildman–Crippen LogP) is 0.613. The monoisotopic (exact) mass is 200 g/mol. The van der Waals surface area contributed by atoms with Gasteiger partial charge in [-0.15, -0.1) is 0 Å². The van der Waals surface area contributed by atoms with Crippen molar-refractivity contribution >= 4 is 5.91 Å². The van der Waals surface area contributed by atoms with Gasteiger partial charge in [-0.1, -0.05) is 0 Å². The van der Waals surface area contributed by atoms with Crippen LogP contribution in [0.15, 0.2) is 6.08 Å². The molecule has 1 amide bonds. The van der Waals surface area contributed by atoms with Crippen molar-refractivity contribution < 1.29 is 37.5 Å². The Morgan fingerprint density at radius 1 is 1.89 bits per heavy atom. The Balaban J connectivity index is 0. The molecule has 0 heterocycles. The van der Waals surface area contributed by atoms with Crippen molar-refractivity contribution in [2.24, 2.45) is 0 Å². The maximum absolute atomic E-state index is 10.5. The van der Waals surface area contributed by atoms with Crippen LogP contribution in [0.2, 0.25) is 0 Å². The maximum atomic E-state index is 10.5. The van der Waals surface area contributed by atoms with Crippen LogP contribution in [0.5, 0.6) is 0 Å². The van der Waals surface area contributed by atoms with E-state index in [9.17, 15) is 4.79 Å². The van der Waals surface area contributed by atoms with Crippen LogP contribution in [0, 0.1) is 13.6 Å². The molecule has 0 spiro atoms. The van der Waals surface area contributed by atoms with Crippen LogP contribution in [0.3, 0.4) is 0 Å².